The first-order valence-corrected chi connectivity index (χ1v) is 11.4. The molecule has 1 saturated heterocycles. The number of carbonyl (C=O) groups is 1. The molecule has 6 heteroatoms. The van der Waals surface area contributed by atoms with Crippen molar-refractivity contribution in [3.05, 3.63) is 47.3 Å². The number of ether oxygens (including phenoxy) is 1. The van der Waals surface area contributed by atoms with Crippen molar-refractivity contribution in [3.8, 4) is 0 Å². The van der Waals surface area contributed by atoms with E-state index in [9.17, 15) is 4.79 Å². The number of imidazole rings is 1. The Hall–Kier alpha value is -1.79. The summed E-state index contributed by atoms with van der Waals surface area (Å²) in [5.74, 6) is 0.896. The Morgan fingerprint density at radius 2 is 1.93 bits per heavy atom. The van der Waals surface area contributed by atoms with Gasteiger partial charge in [-0.2, -0.15) is 0 Å². The number of rotatable bonds is 8. The second-order valence-electron chi connectivity index (χ2n) is 7.93. The van der Waals surface area contributed by atoms with Crippen molar-refractivity contribution in [2.45, 2.75) is 57.0 Å². The van der Waals surface area contributed by atoms with Gasteiger partial charge in [0.15, 0.2) is 5.16 Å². The number of piperidine rings is 1. The van der Waals surface area contributed by atoms with Gasteiger partial charge in [0.2, 0.25) is 5.91 Å². The van der Waals surface area contributed by atoms with Gasteiger partial charge in [-0.3, -0.25) is 4.79 Å². The first kappa shape index (κ1) is 21.9. The van der Waals surface area contributed by atoms with Gasteiger partial charge in [0.1, 0.15) is 0 Å². The molecule has 0 aliphatic carbocycles. The molecule has 2 heterocycles. The highest BCUT2D eigenvalue weighted by atomic mass is 32.2. The maximum atomic E-state index is 13.0. The normalized spacial score (nSPS) is 16.2. The first-order chi connectivity index (χ1) is 14.0. The number of benzene rings is 1. The predicted molar refractivity (Wildman–Crippen MR) is 118 cm³/mol. The van der Waals surface area contributed by atoms with Crippen LogP contribution in [-0.2, 0) is 22.5 Å². The van der Waals surface area contributed by atoms with Crippen LogP contribution in [0.25, 0.3) is 0 Å². The van der Waals surface area contributed by atoms with Crippen LogP contribution in [0.2, 0.25) is 0 Å². The van der Waals surface area contributed by atoms with Gasteiger partial charge in [0.25, 0.3) is 0 Å². The molecule has 1 aromatic heterocycles. The third-order valence-corrected chi connectivity index (χ3v) is 6.94. The van der Waals surface area contributed by atoms with Crippen molar-refractivity contribution in [1.82, 2.24) is 14.5 Å². The molecular weight excluding hydrogens is 382 g/mol. The lowest BCUT2D eigenvalue weighted by Crippen LogP contribution is -2.42. The summed E-state index contributed by atoms with van der Waals surface area (Å²) in [6.07, 6.45) is 3.28. The van der Waals surface area contributed by atoms with Crippen LogP contribution in [0.4, 0.5) is 0 Å². The highest BCUT2D eigenvalue weighted by Crippen LogP contribution is 2.28. The van der Waals surface area contributed by atoms with Gasteiger partial charge >= 0.3 is 0 Å². The Balaban J connectivity index is 1.54. The zero-order valence-electron chi connectivity index (χ0n) is 18.1. The number of nitrogens with zero attached hydrogens (tertiary/aromatic N) is 3. The summed E-state index contributed by atoms with van der Waals surface area (Å²) in [6, 6.07) is 10.7. The molecule has 1 fully saturated rings. The topological polar surface area (TPSA) is 47.4 Å². The maximum absolute atomic E-state index is 13.0. The summed E-state index contributed by atoms with van der Waals surface area (Å²) in [4.78, 5) is 19.8. The van der Waals surface area contributed by atoms with Crippen molar-refractivity contribution in [3.63, 3.8) is 0 Å². The molecule has 0 N–H and O–H groups in total. The lowest BCUT2D eigenvalue weighted by molar-refractivity contribution is -0.131. The fraction of sp³-hybridized carbons (Fsp3) is 0.565. The van der Waals surface area contributed by atoms with Gasteiger partial charge in [0, 0.05) is 32.4 Å². The summed E-state index contributed by atoms with van der Waals surface area (Å²) in [7, 11) is 1.71. The minimum Gasteiger partial charge on any atom is -0.383 e. The van der Waals surface area contributed by atoms with E-state index in [-0.39, 0.29) is 11.2 Å². The molecule has 3 rings (SSSR count). The molecule has 29 heavy (non-hydrogen) atoms. The van der Waals surface area contributed by atoms with E-state index in [0.717, 1.165) is 55.4 Å². The minimum absolute atomic E-state index is 0.136. The van der Waals surface area contributed by atoms with Crippen molar-refractivity contribution in [1.29, 1.82) is 0 Å². The SMILES string of the molecule is COCCn1c(SC(C)C(=O)N2CCC(Cc3ccccc3)CC2)nc(C)c1C. The number of aromatic nitrogens is 2. The Labute approximate surface area is 178 Å². The monoisotopic (exact) mass is 415 g/mol. The minimum atomic E-state index is -0.136. The predicted octanol–water partition coefficient (Wildman–Crippen LogP) is 4.11. The lowest BCUT2D eigenvalue weighted by Gasteiger charge is -2.33. The van der Waals surface area contributed by atoms with E-state index < -0.39 is 0 Å². The van der Waals surface area contributed by atoms with Gasteiger partial charge < -0.3 is 14.2 Å². The largest absolute Gasteiger partial charge is 0.383 e. The fourth-order valence-corrected chi connectivity index (χ4v) is 5.04. The van der Waals surface area contributed by atoms with Crippen LogP contribution in [-0.4, -0.2) is 52.4 Å². The maximum Gasteiger partial charge on any atom is 0.235 e. The number of thioether (sulfide) groups is 1. The standard InChI is InChI=1S/C23H33N3O2S/c1-17-18(2)26(14-15-28-4)23(24-17)29-19(3)22(27)25-12-10-21(11-13-25)16-20-8-6-5-7-9-20/h5-9,19,21H,10-16H2,1-4H3. The molecule has 2 aromatic rings. The second-order valence-corrected chi connectivity index (χ2v) is 9.24. The molecule has 0 saturated carbocycles. The third kappa shape index (κ3) is 5.64. The fourth-order valence-electron chi connectivity index (χ4n) is 3.93. The average Bonchev–Trinajstić information content (AvgIpc) is 3.00. The molecule has 1 aliphatic rings. The number of aryl methyl sites for hydroxylation is 1. The van der Waals surface area contributed by atoms with Crippen molar-refractivity contribution >= 4 is 17.7 Å². The van der Waals surface area contributed by atoms with Crippen LogP contribution in [0.15, 0.2) is 35.5 Å². The Morgan fingerprint density at radius 3 is 2.59 bits per heavy atom. The summed E-state index contributed by atoms with van der Waals surface area (Å²) in [6.45, 7) is 9.22. The van der Waals surface area contributed by atoms with E-state index in [1.807, 2.05) is 18.7 Å². The van der Waals surface area contributed by atoms with Crippen LogP contribution in [0, 0.1) is 19.8 Å². The van der Waals surface area contributed by atoms with Gasteiger partial charge in [-0.15, -0.1) is 0 Å². The van der Waals surface area contributed by atoms with Gasteiger partial charge in [0.05, 0.1) is 17.6 Å². The molecule has 0 bridgehead atoms. The molecule has 1 amide bonds. The summed E-state index contributed by atoms with van der Waals surface area (Å²) >= 11 is 1.57. The Bertz CT molecular complexity index is 798. The van der Waals surface area contributed by atoms with Crippen LogP contribution >= 0.6 is 11.8 Å². The Kier molecular flexibility index (Phi) is 7.78. The number of hydrogen-bond acceptors (Lipinski definition) is 4. The van der Waals surface area contributed by atoms with E-state index in [4.69, 9.17) is 4.74 Å². The van der Waals surface area contributed by atoms with Crippen LogP contribution in [0.1, 0.15) is 36.7 Å². The van der Waals surface area contributed by atoms with Crippen LogP contribution < -0.4 is 0 Å². The molecule has 5 nitrogen and oxygen atoms in total. The molecule has 1 unspecified atom stereocenters. The number of methoxy groups -OCH3 is 1. The zero-order valence-corrected chi connectivity index (χ0v) is 18.9. The summed E-state index contributed by atoms with van der Waals surface area (Å²) in [5, 5.41) is 0.778. The first-order valence-electron chi connectivity index (χ1n) is 10.5. The van der Waals surface area contributed by atoms with Crippen LogP contribution in [0.5, 0.6) is 0 Å². The molecule has 1 atom stereocenters. The quantitative estimate of drug-likeness (QED) is 0.609. The molecule has 0 radical (unpaired) electrons. The molecular formula is C23H33N3O2S. The number of amides is 1. The smallest absolute Gasteiger partial charge is 0.235 e. The van der Waals surface area contributed by atoms with Gasteiger partial charge in [-0.05, 0) is 51.5 Å². The third-order valence-electron chi connectivity index (χ3n) is 5.87. The number of likely N-dealkylation sites (tertiary alicyclic amines) is 1. The van der Waals surface area contributed by atoms with E-state index in [0.29, 0.717) is 12.5 Å². The lowest BCUT2D eigenvalue weighted by atomic mass is 9.90. The van der Waals surface area contributed by atoms with E-state index in [1.165, 1.54) is 5.56 Å². The molecule has 158 valence electrons. The average molecular weight is 416 g/mol. The zero-order chi connectivity index (χ0) is 20.8. The van der Waals surface area contributed by atoms with E-state index in [1.54, 1.807) is 18.9 Å². The van der Waals surface area contributed by atoms with Crippen molar-refractivity contribution in [2.75, 3.05) is 26.8 Å². The van der Waals surface area contributed by atoms with E-state index in [2.05, 4.69) is 46.8 Å². The highest BCUT2D eigenvalue weighted by Gasteiger charge is 2.28. The number of hydrogen-bond donors (Lipinski definition) is 0. The molecule has 1 aromatic carbocycles. The van der Waals surface area contributed by atoms with Gasteiger partial charge in [-0.25, -0.2) is 4.98 Å². The molecule has 1 aliphatic heterocycles. The van der Waals surface area contributed by atoms with Crippen molar-refractivity contribution in [2.24, 2.45) is 5.92 Å². The number of carbonyl (C=O) groups excluding carboxylic acids is 1. The van der Waals surface area contributed by atoms with Gasteiger partial charge in [-0.1, -0.05) is 42.1 Å². The second kappa shape index (κ2) is 10.3. The van der Waals surface area contributed by atoms with Crippen molar-refractivity contribution < 1.29 is 9.53 Å². The highest BCUT2D eigenvalue weighted by molar-refractivity contribution is 8.00. The Morgan fingerprint density at radius 1 is 1.24 bits per heavy atom. The molecule has 0 spiro atoms. The van der Waals surface area contributed by atoms with E-state index >= 15 is 0 Å². The summed E-state index contributed by atoms with van der Waals surface area (Å²) in [5.41, 5.74) is 3.56. The summed E-state index contributed by atoms with van der Waals surface area (Å²) < 4.78 is 7.40. The van der Waals surface area contributed by atoms with Crippen LogP contribution in [0.3, 0.4) is 0 Å².